The molecule has 2 aromatic carbocycles. The van der Waals surface area contributed by atoms with E-state index in [0.717, 1.165) is 19.3 Å². The summed E-state index contributed by atoms with van der Waals surface area (Å²) in [6, 6.07) is 17.4. The lowest BCUT2D eigenvalue weighted by Gasteiger charge is -2.14. The number of benzene rings is 2. The Morgan fingerprint density at radius 1 is 1.16 bits per heavy atom. The highest BCUT2D eigenvalue weighted by molar-refractivity contribution is 5.90. The van der Waals surface area contributed by atoms with Gasteiger partial charge in [0.1, 0.15) is 5.82 Å². The van der Waals surface area contributed by atoms with Gasteiger partial charge in [0.05, 0.1) is 19.0 Å². The Labute approximate surface area is 179 Å². The molecule has 2 heterocycles. The van der Waals surface area contributed by atoms with Crippen LogP contribution in [0.25, 0.3) is 22.6 Å². The molecule has 31 heavy (non-hydrogen) atoms. The maximum atomic E-state index is 12.6. The van der Waals surface area contributed by atoms with Crippen molar-refractivity contribution in [2.24, 2.45) is 0 Å². The summed E-state index contributed by atoms with van der Waals surface area (Å²) in [5, 5.41) is 0. The molecule has 0 fully saturated rings. The predicted molar refractivity (Wildman–Crippen MR) is 119 cm³/mol. The first-order chi connectivity index (χ1) is 15.1. The molecule has 0 saturated carbocycles. The van der Waals surface area contributed by atoms with E-state index in [1.54, 1.807) is 30.6 Å². The second-order valence-corrected chi connectivity index (χ2v) is 7.54. The van der Waals surface area contributed by atoms with Crippen molar-refractivity contribution in [1.29, 1.82) is 0 Å². The molecule has 0 aliphatic rings. The molecule has 4 rings (SSSR count). The summed E-state index contributed by atoms with van der Waals surface area (Å²) in [6.45, 7) is 2.10. The van der Waals surface area contributed by atoms with E-state index in [1.165, 1.54) is 12.7 Å². The first-order valence-electron chi connectivity index (χ1n) is 10.3. The fraction of sp³-hybridized carbons (Fsp3) is 0.250. The first-order valence-corrected chi connectivity index (χ1v) is 10.3. The van der Waals surface area contributed by atoms with Crippen LogP contribution >= 0.6 is 0 Å². The summed E-state index contributed by atoms with van der Waals surface area (Å²) < 4.78 is 6.73. The van der Waals surface area contributed by atoms with Crippen molar-refractivity contribution < 1.29 is 9.53 Å². The van der Waals surface area contributed by atoms with E-state index in [2.05, 4.69) is 46.1 Å². The number of methoxy groups -OCH3 is 1. The number of carbonyl (C=O) groups excluding carboxylic acids is 1. The zero-order valence-electron chi connectivity index (χ0n) is 17.5. The van der Waals surface area contributed by atoms with Crippen molar-refractivity contribution in [2.45, 2.75) is 32.2 Å². The minimum Gasteiger partial charge on any atom is -0.465 e. The number of aromatic amines is 1. The molecule has 0 aliphatic heterocycles. The Morgan fingerprint density at radius 3 is 2.74 bits per heavy atom. The van der Waals surface area contributed by atoms with E-state index in [1.807, 2.05) is 10.6 Å². The molecule has 1 N–H and O–H groups in total. The number of imidazole rings is 1. The molecule has 2 aromatic heterocycles. The van der Waals surface area contributed by atoms with Crippen molar-refractivity contribution in [2.75, 3.05) is 7.11 Å². The Bertz CT molecular complexity index is 1260. The van der Waals surface area contributed by atoms with Crippen LogP contribution in [0, 0.1) is 0 Å². The lowest BCUT2D eigenvalue weighted by Crippen LogP contribution is -2.12. The smallest absolute Gasteiger partial charge is 0.337 e. The summed E-state index contributed by atoms with van der Waals surface area (Å²) in [7, 11) is 1.33. The highest BCUT2D eigenvalue weighted by Crippen LogP contribution is 2.22. The quantitative estimate of drug-likeness (QED) is 0.457. The van der Waals surface area contributed by atoms with Gasteiger partial charge in [0.25, 0.3) is 5.56 Å². The second kappa shape index (κ2) is 8.95. The van der Waals surface area contributed by atoms with Gasteiger partial charge in [-0.25, -0.2) is 14.8 Å². The Hall–Kier alpha value is -3.74. The lowest BCUT2D eigenvalue weighted by molar-refractivity contribution is 0.0601. The minimum absolute atomic E-state index is 0.136. The molecule has 158 valence electrons. The van der Waals surface area contributed by atoms with Crippen LogP contribution in [0.1, 0.15) is 41.7 Å². The van der Waals surface area contributed by atoms with Crippen LogP contribution in [0.2, 0.25) is 0 Å². The number of hydrogen-bond donors (Lipinski definition) is 1. The number of esters is 1. The molecule has 0 bridgehead atoms. The van der Waals surface area contributed by atoms with Crippen LogP contribution in [0.3, 0.4) is 0 Å². The molecular weight excluding hydrogens is 392 g/mol. The Kier molecular flexibility index (Phi) is 5.93. The number of hydrogen-bond acceptors (Lipinski definition) is 5. The number of aryl methyl sites for hydroxylation is 1. The average molecular weight is 416 g/mol. The topological polar surface area (TPSA) is 89.9 Å². The van der Waals surface area contributed by atoms with Gasteiger partial charge in [-0.1, -0.05) is 42.5 Å². The molecule has 0 amide bonds. The highest BCUT2D eigenvalue weighted by Gasteiger charge is 2.16. The second-order valence-electron chi connectivity index (χ2n) is 7.54. The van der Waals surface area contributed by atoms with Gasteiger partial charge in [-0.05, 0) is 43.9 Å². The number of fused-ring (bicyclic) bond motifs is 1. The number of aromatic nitrogens is 4. The standard InChI is InChI=1S/C24H24N4O3/c1-16(8-6-11-17-9-4-3-5-10-17)28-15-25-20-22(28)26-21(27-23(20)29)18-12-7-13-19(14-18)24(30)31-2/h3-5,7,9-10,12-16H,6,8,11H2,1-2H3,(H,26,27,29). The number of H-pyrrole nitrogens is 1. The molecule has 0 saturated heterocycles. The number of nitrogens with zero attached hydrogens (tertiary/aromatic N) is 3. The summed E-state index contributed by atoms with van der Waals surface area (Å²) >= 11 is 0. The molecule has 7 heteroatoms. The molecular formula is C24H24N4O3. The summed E-state index contributed by atoms with van der Waals surface area (Å²) in [6.07, 6.45) is 4.62. The molecule has 0 radical (unpaired) electrons. The van der Waals surface area contributed by atoms with E-state index >= 15 is 0 Å². The van der Waals surface area contributed by atoms with Gasteiger partial charge in [0.15, 0.2) is 11.2 Å². The molecule has 1 unspecified atom stereocenters. The Balaban J connectivity index is 1.60. The zero-order chi connectivity index (χ0) is 21.8. The molecule has 0 spiro atoms. The third kappa shape index (κ3) is 4.40. The molecule has 0 aliphatic carbocycles. The number of rotatable bonds is 7. The lowest BCUT2D eigenvalue weighted by atomic mass is 10.1. The summed E-state index contributed by atoms with van der Waals surface area (Å²) in [4.78, 5) is 36.2. The van der Waals surface area contributed by atoms with Gasteiger partial charge in [-0.3, -0.25) is 4.79 Å². The maximum Gasteiger partial charge on any atom is 0.337 e. The minimum atomic E-state index is -0.442. The van der Waals surface area contributed by atoms with E-state index in [9.17, 15) is 9.59 Å². The normalized spacial score (nSPS) is 12.1. The molecule has 7 nitrogen and oxygen atoms in total. The van der Waals surface area contributed by atoms with Crippen molar-refractivity contribution in [3.05, 3.63) is 82.4 Å². The van der Waals surface area contributed by atoms with E-state index in [-0.39, 0.29) is 11.6 Å². The van der Waals surface area contributed by atoms with Crippen molar-refractivity contribution in [1.82, 2.24) is 19.5 Å². The van der Waals surface area contributed by atoms with Gasteiger partial charge in [0, 0.05) is 11.6 Å². The van der Waals surface area contributed by atoms with Gasteiger partial charge >= 0.3 is 5.97 Å². The van der Waals surface area contributed by atoms with Crippen molar-refractivity contribution in [3.63, 3.8) is 0 Å². The average Bonchev–Trinajstić information content (AvgIpc) is 3.24. The van der Waals surface area contributed by atoms with Crippen LogP contribution in [0.4, 0.5) is 0 Å². The van der Waals surface area contributed by atoms with Gasteiger partial charge in [-0.2, -0.15) is 0 Å². The van der Waals surface area contributed by atoms with E-state index < -0.39 is 5.97 Å². The highest BCUT2D eigenvalue weighted by atomic mass is 16.5. The number of nitrogens with one attached hydrogen (secondary N) is 1. The van der Waals surface area contributed by atoms with E-state index in [4.69, 9.17) is 4.74 Å². The number of carbonyl (C=O) groups is 1. The zero-order valence-corrected chi connectivity index (χ0v) is 17.5. The van der Waals surface area contributed by atoms with Gasteiger partial charge < -0.3 is 14.3 Å². The monoisotopic (exact) mass is 416 g/mol. The third-order valence-electron chi connectivity index (χ3n) is 5.39. The van der Waals surface area contributed by atoms with Crippen molar-refractivity contribution >= 4 is 17.1 Å². The fourth-order valence-corrected chi connectivity index (χ4v) is 3.68. The van der Waals surface area contributed by atoms with E-state index in [0.29, 0.717) is 28.1 Å². The van der Waals surface area contributed by atoms with Crippen molar-refractivity contribution in [3.8, 4) is 11.4 Å². The Morgan fingerprint density at radius 2 is 1.97 bits per heavy atom. The van der Waals surface area contributed by atoms with Crippen LogP contribution in [0.15, 0.2) is 65.7 Å². The van der Waals surface area contributed by atoms with Crippen LogP contribution in [-0.4, -0.2) is 32.6 Å². The first kappa shape index (κ1) is 20.5. The van der Waals surface area contributed by atoms with Crippen LogP contribution in [0.5, 0.6) is 0 Å². The summed E-state index contributed by atoms with van der Waals surface area (Å²) in [5.74, 6) is -0.0520. The maximum absolute atomic E-state index is 12.6. The molecule has 4 aromatic rings. The van der Waals surface area contributed by atoms with Crippen LogP contribution < -0.4 is 5.56 Å². The summed E-state index contributed by atoms with van der Waals surface area (Å²) in [5.41, 5.74) is 2.88. The van der Waals surface area contributed by atoms with Gasteiger partial charge in [-0.15, -0.1) is 0 Å². The number of ether oxygens (including phenoxy) is 1. The largest absolute Gasteiger partial charge is 0.465 e. The van der Waals surface area contributed by atoms with Crippen LogP contribution in [-0.2, 0) is 11.2 Å². The predicted octanol–water partition coefficient (Wildman–Crippen LogP) is 4.16. The SMILES string of the molecule is COC(=O)c1cccc(-c2nc3c(ncn3C(C)CCCc3ccccc3)c(=O)[nH]2)c1. The fourth-order valence-electron chi connectivity index (χ4n) is 3.68. The third-order valence-corrected chi connectivity index (χ3v) is 5.39. The van der Waals surface area contributed by atoms with Gasteiger partial charge in [0.2, 0.25) is 0 Å². The molecule has 1 atom stereocenters.